The van der Waals surface area contributed by atoms with Crippen molar-refractivity contribution >= 4 is 5.91 Å². The summed E-state index contributed by atoms with van der Waals surface area (Å²) in [6.45, 7) is 0. The predicted molar refractivity (Wildman–Crippen MR) is 85.5 cm³/mol. The molecule has 122 valence electrons. The van der Waals surface area contributed by atoms with Gasteiger partial charge in [0, 0.05) is 24.6 Å². The van der Waals surface area contributed by atoms with Gasteiger partial charge in [-0.2, -0.15) is 5.10 Å². The lowest BCUT2D eigenvalue weighted by atomic mass is 10.1. The van der Waals surface area contributed by atoms with Crippen LogP contribution in [0.3, 0.4) is 0 Å². The van der Waals surface area contributed by atoms with Gasteiger partial charge in [-0.1, -0.05) is 0 Å². The minimum absolute atomic E-state index is 0.107. The molecule has 1 aliphatic rings. The van der Waals surface area contributed by atoms with Crippen molar-refractivity contribution in [1.82, 2.24) is 34.6 Å². The number of carbonyl (C=O) groups excluding carboxylic acids is 1. The van der Waals surface area contributed by atoms with Gasteiger partial charge in [0.1, 0.15) is 12.7 Å². The summed E-state index contributed by atoms with van der Waals surface area (Å²) >= 11 is 0. The zero-order chi connectivity index (χ0) is 16.4. The quantitative estimate of drug-likeness (QED) is 0.783. The number of amides is 1. The molecular weight excluding hydrogens is 306 g/mol. The van der Waals surface area contributed by atoms with Crippen molar-refractivity contribution < 1.29 is 4.79 Å². The van der Waals surface area contributed by atoms with Gasteiger partial charge < -0.3 is 9.88 Å². The average molecular weight is 323 g/mol. The van der Waals surface area contributed by atoms with E-state index in [9.17, 15) is 4.79 Å². The Kier molecular flexibility index (Phi) is 3.78. The molecule has 8 heteroatoms. The van der Waals surface area contributed by atoms with Gasteiger partial charge in [-0.15, -0.1) is 0 Å². The van der Waals surface area contributed by atoms with Crippen LogP contribution in [0.25, 0.3) is 5.82 Å². The Bertz CT molecular complexity index is 796. The lowest BCUT2D eigenvalue weighted by Gasteiger charge is -2.22. The molecule has 24 heavy (non-hydrogen) atoms. The first-order valence-corrected chi connectivity index (χ1v) is 7.90. The minimum Gasteiger partial charge on any atom is -0.347 e. The highest BCUT2D eigenvalue weighted by molar-refractivity contribution is 5.94. The van der Waals surface area contributed by atoms with Gasteiger partial charge in [-0.3, -0.25) is 4.79 Å². The number of hydrogen-bond acceptors (Lipinski definition) is 5. The summed E-state index contributed by atoms with van der Waals surface area (Å²) in [4.78, 5) is 24.8. The first kappa shape index (κ1) is 14.6. The standard InChI is InChI=1S/C16H17N7O/c24-16(12-4-5-15(19-8-12)23-11-18-9-20-23)21-13-2-1-3-14(13)22-7-6-17-10-22/h4-11,13-14H,1-3H2,(H,21,24)/t13-,14+/m1/s1. The number of nitrogens with one attached hydrogen (secondary N) is 1. The van der Waals surface area contributed by atoms with Crippen LogP contribution in [0.2, 0.25) is 0 Å². The van der Waals surface area contributed by atoms with E-state index in [1.165, 1.54) is 6.33 Å². The van der Waals surface area contributed by atoms with E-state index in [2.05, 4.69) is 29.9 Å². The molecule has 3 aromatic heterocycles. The summed E-state index contributed by atoms with van der Waals surface area (Å²) in [5.41, 5.74) is 0.537. The first-order valence-electron chi connectivity index (χ1n) is 7.90. The summed E-state index contributed by atoms with van der Waals surface area (Å²) in [7, 11) is 0. The number of carbonyl (C=O) groups is 1. The Morgan fingerprint density at radius 2 is 2.17 bits per heavy atom. The maximum absolute atomic E-state index is 12.5. The highest BCUT2D eigenvalue weighted by atomic mass is 16.1. The maximum atomic E-state index is 12.5. The monoisotopic (exact) mass is 323 g/mol. The Hall–Kier alpha value is -3.03. The fourth-order valence-electron chi connectivity index (χ4n) is 3.17. The van der Waals surface area contributed by atoms with E-state index in [0.717, 1.165) is 19.3 Å². The van der Waals surface area contributed by atoms with Crippen LogP contribution in [0.5, 0.6) is 0 Å². The van der Waals surface area contributed by atoms with Gasteiger partial charge in [-0.25, -0.2) is 19.6 Å². The van der Waals surface area contributed by atoms with Gasteiger partial charge in [-0.05, 0) is 31.4 Å². The van der Waals surface area contributed by atoms with Gasteiger partial charge in [0.2, 0.25) is 0 Å². The van der Waals surface area contributed by atoms with Crippen molar-refractivity contribution in [3.63, 3.8) is 0 Å². The number of pyridine rings is 1. The number of hydrogen-bond donors (Lipinski definition) is 1. The second kappa shape index (κ2) is 6.23. The highest BCUT2D eigenvalue weighted by Crippen LogP contribution is 2.30. The maximum Gasteiger partial charge on any atom is 0.253 e. The third-order valence-electron chi connectivity index (χ3n) is 4.37. The molecule has 0 radical (unpaired) electrons. The van der Waals surface area contributed by atoms with E-state index >= 15 is 0 Å². The number of rotatable bonds is 4. The van der Waals surface area contributed by atoms with Crippen LogP contribution in [-0.2, 0) is 0 Å². The zero-order valence-corrected chi connectivity index (χ0v) is 13.0. The van der Waals surface area contributed by atoms with Gasteiger partial charge in [0.25, 0.3) is 5.91 Å². The van der Waals surface area contributed by atoms with E-state index in [1.807, 2.05) is 12.5 Å². The average Bonchev–Trinajstić information content (AvgIpc) is 3.36. The molecule has 1 fully saturated rings. The summed E-state index contributed by atoms with van der Waals surface area (Å²) < 4.78 is 3.62. The van der Waals surface area contributed by atoms with Crippen LogP contribution in [0.1, 0.15) is 35.7 Å². The summed E-state index contributed by atoms with van der Waals surface area (Å²) in [6.07, 6.45) is 13.2. The molecule has 4 rings (SSSR count). The summed E-state index contributed by atoms with van der Waals surface area (Å²) in [5, 5.41) is 7.14. The molecule has 1 aliphatic carbocycles. The van der Waals surface area contributed by atoms with Crippen LogP contribution in [-0.4, -0.2) is 41.2 Å². The number of aromatic nitrogens is 6. The van der Waals surface area contributed by atoms with Gasteiger partial charge in [0.05, 0.1) is 17.9 Å². The Balaban J connectivity index is 1.46. The lowest BCUT2D eigenvalue weighted by molar-refractivity contribution is 0.0928. The predicted octanol–water partition coefficient (Wildman–Crippen LogP) is 1.38. The first-order chi connectivity index (χ1) is 11.8. The normalized spacial score (nSPS) is 20.2. The molecule has 1 amide bonds. The van der Waals surface area contributed by atoms with Gasteiger partial charge >= 0.3 is 0 Å². The highest BCUT2D eigenvalue weighted by Gasteiger charge is 2.29. The lowest BCUT2D eigenvalue weighted by Crippen LogP contribution is -2.38. The molecule has 0 aromatic carbocycles. The van der Waals surface area contributed by atoms with Crippen molar-refractivity contribution in [2.24, 2.45) is 0 Å². The molecule has 0 unspecified atom stereocenters. The minimum atomic E-state index is -0.107. The van der Waals surface area contributed by atoms with Crippen LogP contribution < -0.4 is 5.32 Å². The Morgan fingerprint density at radius 1 is 1.21 bits per heavy atom. The zero-order valence-electron chi connectivity index (χ0n) is 13.0. The van der Waals surface area contributed by atoms with Crippen LogP contribution in [0, 0.1) is 0 Å². The third kappa shape index (κ3) is 2.78. The molecule has 0 saturated heterocycles. The second-order valence-electron chi connectivity index (χ2n) is 5.83. The van der Waals surface area contributed by atoms with E-state index in [4.69, 9.17) is 0 Å². The summed E-state index contributed by atoms with van der Waals surface area (Å²) in [6, 6.07) is 3.88. The van der Waals surface area contributed by atoms with E-state index in [0.29, 0.717) is 11.4 Å². The largest absolute Gasteiger partial charge is 0.347 e. The molecule has 1 N–H and O–H groups in total. The summed E-state index contributed by atoms with van der Waals surface area (Å²) in [5.74, 6) is 0.519. The Labute approximate surface area is 138 Å². The van der Waals surface area contributed by atoms with Crippen molar-refractivity contribution in [2.45, 2.75) is 31.3 Å². The Morgan fingerprint density at radius 3 is 2.88 bits per heavy atom. The van der Waals surface area contributed by atoms with Crippen molar-refractivity contribution in [3.05, 3.63) is 55.3 Å². The molecular formula is C16H17N7O. The van der Waals surface area contributed by atoms with E-state index in [1.54, 1.807) is 35.5 Å². The van der Waals surface area contributed by atoms with Crippen molar-refractivity contribution in [3.8, 4) is 5.82 Å². The molecule has 0 bridgehead atoms. The van der Waals surface area contributed by atoms with Crippen LogP contribution in [0.15, 0.2) is 49.7 Å². The molecule has 0 spiro atoms. The molecule has 3 heterocycles. The van der Waals surface area contributed by atoms with E-state index < -0.39 is 0 Å². The molecule has 0 aliphatic heterocycles. The van der Waals surface area contributed by atoms with Crippen LogP contribution in [0.4, 0.5) is 0 Å². The smallest absolute Gasteiger partial charge is 0.253 e. The van der Waals surface area contributed by atoms with Crippen molar-refractivity contribution in [2.75, 3.05) is 0 Å². The third-order valence-corrected chi connectivity index (χ3v) is 4.37. The fraction of sp³-hybridized carbons (Fsp3) is 0.312. The van der Waals surface area contributed by atoms with E-state index in [-0.39, 0.29) is 18.0 Å². The molecule has 2 atom stereocenters. The molecule has 8 nitrogen and oxygen atoms in total. The fourth-order valence-corrected chi connectivity index (χ4v) is 3.17. The SMILES string of the molecule is O=C(N[C@@H]1CCC[C@@H]1n1ccnc1)c1ccc(-n2cncn2)nc1. The molecule has 1 saturated carbocycles. The van der Waals surface area contributed by atoms with Crippen LogP contribution >= 0.6 is 0 Å². The van der Waals surface area contributed by atoms with Gasteiger partial charge in [0.15, 0.2) is 5.82 Å². The van der Waals surface area contributed by atoms with Crippen molar-refractivity contribution in [1.29, 1.82) is 0 Å². The topological polar surface area (TPSA) is 90.5 Å². The number of imidazole rings is 1. The molecule has 3 aromatic rings. The number of nitrogens with zero attached hydrogens (tertiary/aromatic N) is 6. The second-order valence-corrected chi connectivity index (χ2v) is 5.83.